The predicted octanol–water partition coefficient (Wildman–Crippen LogP) is 2.18. The highest BCUT2D eigenvalue weighted by Gasteiger charge is 2.36. The van der Waals surface area contributed by atoms with Gasteiger partial charge in [0.2, 0.25) is 0 Å². The number of rotatable bonds is 2. The molecule has 0 aliphatic carbocycles. The highest BCUT2D eigenvalue weighted by atomic mass is 15.3. The van der Waals surface area contributed by atoms with Crippen LogP contribution < -0.4 is 5.32 Å². The summed E-state index contributed by atoms with van der Waals surface area (Å²) in [5, 5.41) is 3.47. The van der Waals surface area contributed by atoms with E-state index in [-0.39, 0.29) is 0 Å². The van der Waals surface area contributed by atoms with Crippen molar-refractivity contribution in [3.8, 4) is 0 Å². The smallest absolute Gasteiger partial charge is 0.0203 e. The lowest BCUT2D eigenvalue weighted by atomic mass is 9.94. The van der Waals surface area contributed by atoms with Crippen LogP contribution in [0, 0.1) is 5.92 Å². The van der Waals surface area contributed by atoms with Gasteiger partial charge in [-0.25, -0.2) is 0 Å². The Kier molecular flexibility index (Phi) is 4.91. The molecule has 0 spiro atoms. The Labute approximate surface area is 119 Å². The van der Waals surface area contributed by atoms with Crippen LogP contribution in [0.25, 0.3) is 0 Å². The molecule has 2 saturated heterocycles. The maximum atomic E-state index is 3.47. The monoisotopic (exact) mass is 267 g/mol. The minimum absolute atomic E-state index is 0.291. The summed E-state index contributed by atoms with van der Waals surface area (Å²) >= 11 is 0. The molecule has 0 aromatic heterocycles. The van der Waals surface area contributed by atoms with Crippen molar-refractivity contribution in [1.29, 1.82) is 0 Å². The van der Waals surface area contributed by atoms with E-state index in [4.69, 9.17) is 0 Å². The number of nitrogens with one attached hydrogen (secondary N) is 1. The fourth-order valence-electron chi connectivity index (χ4n) is 4.33. The van der Waals surface area contributed by atoms with E-state index in [9.17, 15) is 0 Å². The van der Waals surface area contributed by atoms with Crippen molar-refractivity contribution in [2.24, 2.45) is 5.92 Å². The molecule has 0 aromatic carbocycles. The van der Waals surface area contributed by atoms with E-state index >= 15 is 0 Å². The molecule has 3 heteroatoms. The second kappa shape index (κ2) is 6.11. The van der Waals surface area contributed by atoms with Crippen LogP contribution in [-0.4, -0.2) is 60.1 Å². The van der Waals surface area contributed by atoms with Gasteiger partial charge in [0.25, 0.3) is 0 Å². The van der Waals surface area contributed by atoms with E-state index in [1.807, 2.05) is 0 Å². The number of piperazine rings is 1. The van der Waals surface area contributed by atoms with Gasteiger partial charge in [0, 0.05) is 37.3 Å². The Morgan fingerprint density at radius 3 is 2.00 bits per heavy atom. The van der Waals surface area contributed by atoms with Gasteiger partial charge >= 0.3 is 0 Å². The first kappa shape index (κ1) is 15.3. The molecule has 3 nitrogen and oxygen atoms in total. The fourth-order valence-corrected chi connectivity index (χ4v) is 4.33. The Balaban J connectivity index is 1.89. The van der Waals surface area contributed by atoms with E-state index in [0.29, 0.717) is 17.6 Å². The quantitative estimate of drug-likeness (QED) is 0.827. The minimum atomic E-state index is 0.291. The summed E-state index contributed by atoms with van der Waals surface area (Å²) in [6.45, 7) is 18.1. The Morgan fingerprint density at radius 1 is 1.00 bits per heavy atom. The molecular weight excluding hydrogens is 234 g/mol. The summed E-state index contributed by atoms with van der Waals surface area (Å²) in [4.78, 5) is 5.42. The summed E-state index contributed by atoms with van der Waals surface area (Å²) in [7, 11) is 0. The molecule has 2 heterocycles. The van der Waals surface area contributed by atoms with Crippen molar-refractivity contribution in [1.82, 2.24) is 15.1 Å². The molecule has 2 atom stereocenters. The normalized spacial score (nSPS) is 32.7. The molecule has 112 valence electrons. The predicted molar refractivity (Wildman–Crippen MR) is 82.5 cm³/mol. The van der Waals surface area contributed by atoms with Crippen molar-refractivity contribution < 1.29 is 0 Å². The van der Waals surface area contributed by atoms with Gasteiger partial charge in [-0.1, -0.05) is 0 Å². The van der Waals surface area contributed by atoms with Crippen molar-refractivity contribution in [3.05, 3.63) is 0 Å². The van der Waals surface area contributed by atoms with E-state index in [2.05, 4.69) is 49.7 Å². The van der Waals surface area contributed by atoms with Crippen LogP contribution in [0.4, 0.5) is 0 Å². The number of nitrogens with zero attached hydrogens (tertiary/aromatic N) is 2. The first-order valence-electron chi connectivity index (χ1n) is 8.09. The lowest BCUT2D eigenvalue weighted by molar-refractivity contribution is -0.0275. The molecule has 0 radical (unpaired) electrons. The van der Waals surface area contributed by atoms with Gasteiger partial charge < -0.3 is 5.32 Å². The van der Waals surface area contributed by atoms with Gasteiger partial charge in [-0.15, -0.1) is 0 Å². The first-order chi connectivity index (χ1) is 8.88. The number of hydrogen-bond acceptors (Lipinski definition) is 3. The largest absolute Gasteiger partial charge is 0.317 e. The first-order valence-corrected chi connectivity index (χ1v) is 8.09. The molecule has 0 saturated carbocycles. The summed E-state index contributed by atoms with van der Waals surface area (Å²) < 4.78 is 0. The molecule has 19 heavy (non-hydrogen) atoms. The van der Waals surface area contributed by atoms with E-state index in [0.717, 1.165) is 5.92 Å². The van der Waals surface area contributed by atoms with Crippen LogP contribution in [0.15, 0.2) is 0 Å². The van der Waals surface area contributed by atoms with E-state index < -0.39 is 0 Å². The third-order valence-corrected chi connectivity index (χ3v) is 4.74. The van der Waals surface area contributed by atoms with Gasteiger partial charge in [-0.3, -0.25) is 9.80 Å². The molecule has 2 aliphatic heterocycles. The number of piperidine rings is 1. The van der Waals surface area contributed by atoms with Gasteiger partial charge in [0.15, 0.2) is 0 Å². The zero-order valence-corrected chi connectivity index (χ0v) is 13.6. The maximum Gasteiger partial charge on any atom is 0.0203 e. The van der Waals surface area contributed by atoms with Crippen LogP contribution in [0.3, 0.4) is 0 Å². The zero-order chi connectivity index (χ0) is 14.0. The average Bonchev–Trinajstić information content (AvgIpc) is 2.27. The zero-order valence-electron chi connectivity index (χ0n) is 13.6. The van der Waals surface area contributed by atoms with Crippen LogP contribution >= 0.6 is 0 Å². The Bertz CT molecular complexity index is 266. The van der Waals surface area contributed by atoms with Gasteiger partial charge in [-0.05, 0) is 66.5 Å². The average molecular weight is 267 g/mol. The summed E-state index contributed by atoms with van der Waals surface area (Å²) in [5.74, 6) is 0.918. The van der Waals surface area contributed by atoms with E-state index in [1.165, 1.54) is 45.6 Å². The number of hydrogen-bond donors (Lipinski definition) is 1. The lowest BCUT2D eigenvalue weighted by Crippen LogP contribution is -2.62. The highest BCUT2D eigenvalue weighted by Crippen LogP contribution is 2.26. The van der Waals surface area contributed by atoms with Crippen molar-refractivity contribution >= 4 is 0 Å². The third kappa shape index (κ3) is 3.93. The molecule has 0 amide bonds. The summed E-state index contributed by atoms with van der Waals surface area (Å²) in [5.41, 5.74) is 0.291. The van der Waals surface area contributed by atoms with Crippen LogP contribution in [0.5, 0.6) is 0 Å². The van der Waals surface area contributed by atoms with E-state index in [1.54, 1.807) is 0 Å². The van der Waals surface area contributed by atoms with Crippen molar-refractivity contribution in [3.63, 3.8) is 0 Å². The summed E-state index contributed by atoms with van der Waals surface area (Å²) in [6.07, 6.45) is 2.73. The lowest BCUT2D eigenvalue weighted by Gasteiger charge is -2.51. The Hall–Kier alpha value is -0.120. The SMILES string of the molecule is CC1CN(CC2CCNCC2)CC(C)N1C(C)(C)C. The second-order valence-corrected chi connectivity index (χ2v) is 7.69. The van der Waals surface area contributed by atoms with Crippen molar-refractivity contribution in [2.75, 3.05) is 32.7 Å². The molecule has 2 rings (SSSR count). The molecule has 2 aliphatic rings. The van der Waals surface area contributed by atoms with Crippen molar-refractivity contribution in [2.45, 2.75) is 65.1 Å². The maximum absolute atomic E-state index is 3.47. The molecule has 0 bridgehead atoms. The molecular formula is C16H33N3. The topological polar surface area (TPSA) is 18.5 Å². The molecule has 1 N–H and O–H groups in total. The molecule has 0 aromatic rings. The highest BCUT2D eigenvalue weighted by molar-refractivity contribution is 4.92. The molecule has 2 unspecified atom stereocenters. The fraction of sp³-hybridized carbons (Fsp3) is 1.00. The van der Waals surface area contributed by atoms with Crippen LogP contribution in [0.2, 0.25) is 0 Å². The van der Waals surface area contributed by atoms with Crippen LogP contribution in [-0.2, 0) is 0 Å². The minimum Gasteiger partial charge on any atom is -0.317 e. The van der Waals surface area contributed by atoms with Gasteiger partial charge in [-0.2, -0.15) is 0 Å². The van der Waals surface area contributed by atoms with Crippen LogP contribution in [0.1, 0.15) is 47.5 Å². The standard InChI is InChI=1S/C16H33N3/c1-13-10-18(12-15-6-8-17-9-7-15)11-14(2)19(13)16(3,4)5/h13-15,17H,6-12H2,1-5H3. The summed E-state index contributed by atoms with van der Waals surface area (Å²) in [6, 6.07) is 1.34. The second-order valence-electron chi connectivity index (χ2n) is 7.69. The van der Waals surface area contributed by atoms with Gasteiger partial charge in [0.1, 0.15) is 0 Å². The Morgan fingerprint density at radius 2 is 1.53 bits per heavy atom. The third-order valence-electron chi connectivity index (χ3n) is 4.74. The van der Waals surface area contributed by atoms with Gasteiger partial charge in [0.05, 0.1) is 0 Å². The molecule has 2 fully saturated rings.